The predicted octanol–water partition coefficient (Wildman–Crippen LogP) is 2.45. The molecule has 0 saturated carbocycles. The van der Waals surface area contributed by atoms with Crippen LogP contribution in [0.4, 0.5) is 0 Å². The Morgan fingerprint density at radius 2 is 2.14 bits per heavy atom. The second kappa shape index (κ2) is 3.67. The SMILES string of the molecule is Cc1ccc2sc(CCO)nc2c1C. The molecule has 3 heteroatoms. The van der Waals surface area contributed by atoms with Crippen LogP contribution in [0.3, 0.4) is 0 Å². The normalized spacial score (nSPS) is 11.1. The van der Waals surface area contributed by atoms with Crippen LogP contribution in [0, 0.1) is 13.8 Å². The fourth-order valence-corrected chi connectivity index (χ4v) is 2.49. The van der Waals surface area contributed by atoms with Gasteiger partial charge in [-0.2, -0.15) is 0 Å². The highest BCUT2D eigenvalue weighted by Gasteiger charge is 2.06. The maximum absolute atomic E-state index is 8.84. The van der Waals surface area contributed by atoms with Gasteiger partial charge in [-0.25, -0.2) is 4.98 Å². The van der Waals surface area contributed by atoms with E-state index in [2.05, 4.69) is 31.0 Å². The van der Waals surface area contributed by atoms with Crippen LogP contribution in [-0.2, 0) is 6.42 Å². The minimum absolute atomic E-state index is 0.178. The van der Waals surface area contributed by atoms with Crippen molar-refractivity contribution >= 4 is 21.6 Å². The summed E-state index contributed by atoms with van der Waals surface area (Å²) in [5, 5.41) is 9.86. The van der Waals surface area contributed by atoms with Gasteiger partial charge in [0, 0.05) is 13.0 Å². The third-order valence-corrected chi connectivity index (χ3v) is 3.54. The molecule has 2 nitrogen and oxygen atoms in total. The van der Waals surface area contributed by atoms with Crippen molar-refractivity contribution in [2.75, 3.05) is 6.61 Å². The van der Waals surface area contributed by atoms with Gasteiger partial charge in [0.1, 0.15) is 0 Å². The van der Waals surface area contributed by atoms with Gasteiger partial charge in [0.15, 0.2) is 0 Å². The van der Waals surface area contributed by atoms with E-state index in [9.17, 15) is 0 Å². The van der Waals surface area contributed by atoms with Gasteiger partial charge in [-0.05, 0) is 31.0 Å². The van der Waals surface area contributed by atoms with Crippen molar-refractivity contribution in [1.29, 1.82) is 0 Å². The highest BCUT2D eigenvalue weighted by Crippen LogP contribution is 2.26. The van der Waals surface area contributed by atoms with Crippen molar-refractivity contribution in [2.45, 2.75) is 20.3 Å². The minimum Gasteiger partial charge on any atom is -0.396 e. The molecule has 0 radical (unpaired) electrons. The molecule has 0 spiro atoms. The number of fused-ring (bicyclic) bond motifs is 1. The number of aryl methyl sites for hydroxylation is 2. The predicted molar refractivity (Wildman–Crippen MR) is 59.9 cm³/mol. The molecule has 2 rings (SSSR count). The molecular weight excluding hydrogens is 194 g/mol. The van der Waals surface area contributed by atoms with Crippen molar-refractivity contribution in [1.82, 2.24) is 4.98 Å². The molecule has 14 heavy (non-hydrogen) atoms. The third-order valence-electron chi connectivity index (χ3n) is 2.45. The Labute approximate surface area is 87.2 Å². The Hall–Kier alpha value is -0.930. The van der Waals surface area contributed by atoms with Crippen LogP contribution in [-0.4, -0.2) is 16.7 Å². The van der Waals surface area contributed by atoms with Crippen molar-refractivity contribution in [3.8, 4) is 0 Å². The first-order valence-electron chi connectivity index (χ1n) is 4.69. The van der Waals surface area contributed by atoms with Crippen molar-refractivity contribution in [2.24, 2.45) is 0 Å². The summed E-state index contributed by atoms with van der Waals surface area (Å²) in [5.41, 5.74) is 3.62. The van der Waals surface area contributed by atoms with Crippen molar-refractivity contribution in [3.05, 3.63) is 28.3 Å². The van der Waals surface area contributed by atoms with Gasteiger partial charge in [-0.1, -0.05) is 6.07 Å². The number of aliphatic hydroxyl groups excluding tert-OH is 1. The summed E-state index contributed by atoms with van der Waals surface area (Å²) in [5.74, 6) is 0. The van der Waals surface area contributed by atoms with Crippen LogP contribution in [0.2, 0.25) is 0 Å². The molecule has 0 aliphatic rings. The molecule has 0 amide bonds. The number of aliphatic hydroxyl groups is 1. The lowest BCUT2D eigenvalue weighted by Gasteiger charge is -1.98. The van der Waals surface area contributed by atoms with E-state index >= 15 is 0 Å². The van der Waals surface area contributed by atoms with E-state index in [-0.39, 0.29) is 6.61 Å². The average Bonchev–Trinajstić information content (AvgIpc) is 2.56. The summed E-state index contributed by atoms with van der Waals surface area (Å²) in [6.07, 6.45) is 0.665. The Morgan fingerprint density at radius 1 is 1.36 bits per heavy atom. The van der Waals surface area contributed by atoms with Crippen molar-refractivity contribution < 1.29 is 5.11 Å². The van der Waals surface area contributed by atoms with E-state index in [1.54, 1.807) is 11.3 Å². The molecule has 2 aromatic rings. The van der Waals surface area contributed by atoms with Crippen LogP contribution in [0.1, 0.15) is 16.1 Å². The maximum atomic E-state index is 8.84. The minimum atomic E-state index is 0.178. The molecule has 0 fully saturated rings. The summed E-state index contributed by atoms with van der Waals surface area (Å²) in [6.45, 7) is 4.37. The van der Waals surface area contributed by atoms with Crippen LogP contribution in [0.15, 0.2) is 12.1 Å². The van der Waals surface area contributed by atoms with E-state index in [4.69, 9.17) is 5.11 Å². The number of hydrogen-bond acceptors (Lipinski definition) is 3. The first-order valence-corrected chi connectivity index (χ1v) is 5.50. The molecule has 0 atom stereocenters. The third kappa shape index (κ3) is 1.53. The van der Waals surface area contributed by atoms with E-state index in [0.29, 0.717) is 6.42 Å². The van der Waals surface area contributed by atoms with Gasteiger partial charge >= 0.3 is 0 Å². The Morgan fingerprint density at radius 3 is 2.86 bits per heavy atom. The molecule has 1 aromatic carbocycles. The zero-order chi connectivity index (χ0) is 10.1. The number of hydrogen-bond donors (Lipinski definition) is 1. The average molecular weight is 207 g/mol. The van der Waals surface area contributed by atoms with Crippen LogP contribution in [0.5, 0.6) is 0 Å². The quantitative estimate of drug-likeness (QED) is 0.820. The maximum Gasteiger partial charge on any atom is 0.0961 e. The number of nitrogens with zero attached hydrogens (tertiary/aromatic N) is 1. The Balaban J connectivity index is 2.59. The number of aromatic nitrogens is 1. The summed E-state index contributed by atoms with van der Waals surface area (Å²) in [4.78, 5) is 4.52. The van der Waals surface area contributed by atoms with Gasteiger partial charge in [0.05, 0.1) is 15.2 Å². The largest absolute Gasteiger partial charge is 0.396 e. The zero-order valence-corrected chi connectivity index (χ0v) is 9.19. The zero-order valence-electron chi connectivity index (χ0n) is 8.37. The van der Waals surface area contributed by atoms with E-state index < -0.39 is 0 Å². The lowest BCUT2D eigenvalue weighted by Crippen LogP contribution is -1.88. The Bertz CT molecular complexity index is 462. The van der Waals surface area contributed by atoms with Gasteiger partial charge in [-0.15, -0.1) is 11.3 Å². The molecular formula is C11H13NOS. The molecule has 74 valence electrons. The molecule has 1 heterocycles. The van der Waals surface area contributed by atoms with Gasteiger partial charge in [0.2, 0.25) is 0 Å². The Kier molecular flexibility index (Phi) is 2.52. The van der Waals surface area contributed by atoms with Gasteiger partial charge in [0.25, 0.3) is 0 Å². The second-order valence-electron chi connectivity index (χ2n) is 3.44. The lowest BCUT2D eigenvalue weighted by atomic mass is 10.1. The highest BCUT2D eigenvalue weighted by atomic mass is 32.1. The number of thiazole rings is 1. The smallest absolute Gasteiger partial charge is 0.0961 e. The number of benzene rings is 1. The summed E-state index contributed by atoms with van der Waals surface area (Å²) in [7, 11) is 0. The van der Waals surface area contributed by atoms with Gasteiger partial charge < -0.3 is 5.11 Å². The molecule has 1 N–H and O–H groups in total. The van der Waals surface area contributed by atoms with Crippen LogP contribution < -0.4 is 0 Å². The van der Waals surface area contributed by atoms with Crippen molar-refractivity contribution in [3.63, 3.8) is 0 Å². The fraction of sp³-hybridized carbons (Fsp3) is 0.364. The summed E-state index contributed by atoms with van der Waals surface area (Å²) in [6, 6.07) is 4.23. The molecule has 1 aromatic heterocycles. The van der Waals surface area contributed by atoms with E-state index in [1.165, 1.54) is 15.8 Å². The number of rotatable bonds is 2. The standard InChI is InChI=1S/C11H13NOS/c1-7-3-4-9-11(8(7)2)12-10(14-9)5-6-13/h3-4,13H,5-6H2,1-2H3. The first-order chi connectivity index (χ1) is 6.72. The molecule has 0 bridgehead atoms. The summed E-state index contributed by atoms with van der Waals surface area (Å²) >= 11 is 1.67. The summed E-state index contributed by atoms with van der Waals surface area (Å²) < 4.78 is 1.22. The molecule has 0 aliphatic heterocycles. The lowest BCUT2D eigenvalue weighted by molar-refractivity contribution is 0.299. The molecule has 0 saturated heterocycles. The van der Waals surface area contributed by atoms with E-state index in [0.717, 1.165) is 10.5 Å². The van der Waals surface area contributed by atoms with Crippen LogP contribution in [0.25, 0.3) is 10.2 Å². The second-order valence-corrected chi connectivity index (χ2v) is 4.55. The van der Waals surface area contributed by atoms with Crippen LogP contribution >= 0.6 is 11.3 Å². The highest BCUT2D eigenvalue weighted by molar-refractivity contribution is 7.18. The fourth-order valence-electron chi connectivity index (χ4n) is 1.47. The molecule has 0 aliphatic carbocycles. The molecule has 0 unspecified atom stereocenters. The monoisotopic (exact) mass is 207 g/mol. The topological polar surface area (TPSA) is 33.1 Å². The van der Waals surface area contributed by atoms with Gasteiger partial charge in [-0.3, -0.25) is 0 Å². The van der Waals surface area contributed by atoms with E-state index in [1.807, 2.05) is 0 Å². The first kappa shape index (κ1) is 9.62.